The van der Waals surface area contributed by atoms with Gasteiger partial charge in [0.05, 0.1) is 0 Å². The van der Waals surface area contributed by atoms with Crippen LogP contribution >= 0.6 is 0 Å². The van der Waals surface area contributed by atoms with Crippen LogP contribution in [0.5, 0.6) is 0 Å². The van der Waals surface area contributed by atoms with Gasteiger partial charge in [-0.15, -0.1) is 0 Å². The Balaban J connectivity index is 2.05. The van der Waals surface area contributed by atoms with E-state index >= 15 is 0 Å². The number of nitrogens with zero attached hydrogens (tertiary/aromatic N) is 2. The van der Waals surface area contributed by atoms with Crippen molar-refractivity contribution in [3.05, 3.63) is 35.9 Å². The lowest BCUT2D eigenvalue weighted by Gasteiger charge is -2.38. The molecule has 0 aliphatic carbocycles. The lowest BCUT2D eigenvalue weighted by Crippen LogP contribution is -2.46. The maximum atomic E-state index is 4.29. The Morgan fingerprint density at radius 1 is 1.33 bits per heavy atom. The number of nitrogens with one attached hydrogen (secondary N) is 1. The van der Waals surface area contributed by atoms with Crippen LogP contribution < -0.4 is 5.32 Å². The Morgan fingerprint density at radius 3 is 2.61 bits per heavy atom. The van der Waals surface area contributed by atoms with Crippen LogP contribution in [0.1, 0.15) is 24.8 Å². The minimum Gasteiger partial charge on any atom is -0.359 e. The summed E-state index contributed by atoms with van der Waals surface area (Å²) in [4.78, 5) is 6.65. The van der Waals surface area contributed by atoms with Crippen LogP contribution in [0.25, 0.3) is 0 Å². The van der Waals surface area contributed by atoms with Gasteiger partial charge in [-0.2, -0.15) is 0 Å². The summed E-state index contributed by atoms with van der Waals surface area (Å²) in [6.45, 7) is 4.50. The van der Waals surface area contributed by atoms with Crippen LogP contribution in [0, 0.1) is 5.92 Å². The number of benzene rings is 1. The molecule has 0 amide bonds. The molecule has 1 heterocycles. The number of likely N-dealkylation sites (tertiary alicyclic amines) is 1. The molecule has 1 aromatic carbocycles. The molecule has 1 saturated heterocycles. The Labute approximate surface area is 110 Å². The van der Waals surface area contributed by atoms with Crippen molar-refractivity contribution in [1.29, 1.82) is 0 Å². The van der Waals surface area contributed by atoms with Crippen molar-refractivity contribution < 1.29 is 0 Å². The minimum atomic E-state index is 0.659. The van der Waals surface area contributed by atoms with Crippen LogP contribution in [0.4, 0.5) is 0 Å². The summed E-state index contributed by atoms with van der Waals surface area (Å²) < 4.78 is 0. The highest BCUT2D eigenvalue weighted by molar-refractivity contribution is 5.79. The largest absolute Gasteiger partial charge is 0.359 e. The Morgan fingerprint density at radius 2 is 2.06 bits per heavy atom. The van der Waals surface area contributed by atoms with Gasteiger partial charge < -0.3 is 10.2 Å². The van der Waals surface area contributed by atoms with Gasteiger partial charge in [-0.05, 0) is 23.8 Å². The lowest BCUT2D eigenvalue weighted by atomic mass is 9.82. The van der Waals surface area contributed by atoms with Gasteiger partial charge in [0.15, 0.2) is 5.96 Å². The van der Waals surface area contributed by atoms with E-state index in [1.54, 1.807) is 0 Å². The highest BCUT2D eigenvalue weighted by atomic mass is 15.3. The smallest absolute Gasteiger partial charge is 0.193 e. The standard InChI is InChI=1S/C15H23N3/c1-12-11-18(15(16-2)17-3)10-9-14(12)13-7-5-4-6-8-13/h4-8,12,14H,9-11H2,1-3H3,(H,16,17). The second kappa shape index (κ2) is 5.89. The molecule has 98 valence electrons. The first-order valence-corrected chi connectivity index (χ1v) is 6.70. The monoisotopic (exact) mass is 245 g/mol. The molecule has 3 heteroatoms. The molecule has 0 aromatic heterocycles. The molecule has 2 unspecified atom stereocenters. The van der Waals surface area contributed by atoms with E-state index in [9.17, 15) is 0 Å². The van der Waals surface area contributed by atoms with Crippen molar-refractivity contribution in [2.24, 2.45) is 10.9 Å². The van der Waals surface area contributed by atoms with Crippen molar-refractivity contribution in [3.8, 4) is 0 Å². The van der Waals surface area contributed by atoms with E-state index in [2.05, 4.69) is 52.5 Å². The van der Waals surface area contributed by atoms with E-state index in [1.807, 2.05) is 14.1 Å². The van der Waals surface area contributed by atoms with Gasteiger partial charge in [-0.3, -0.25) is 4.99 Å². The summed E-state index contributed by atoms with van der Waals surface area (Å²) in [5, 5.41) is 3.17. The quantitative estimate of drug-likeness (QED) is 0.607. The van der Waals surface area contributed by atoms with Gasteiger partial charge in [0.25, 0.3) is 0 Å². The van der Waals surface area contributed by atoms with Crippen molar-refractivity contribution in [3.63, 3.8) is 0 Å². The maximum Gasteiger partial charge on any atom is 0.193 e. The average Bonchev–Trinajstić information content (AvgIpc) is 2.41. The van der Waals surface area contributed by atoms with Gasteiger partial charge in [-0.25, -0.2) is 0 Å². The van der Waals surface area contributed by atoms with Crippen LogP contribution in [-0.4, -0.2) is 38.0 Å². The topological polar surface area (TPSA) is 27.6 Å². The molecule has 1 aromatic rings. The second-order valence-corrected chi connectivity index (χ2v) is 5.03. The van der Waals surface area contributed by atoms with E-state index in [1.165, 1.54) is 12.0 Å². The number of rotatable bonds is 1. The second-order valence-electron chi connectivity index (χ2n) is 5.03. The third-order valence-corrected chi connectivity index (χ3v) is 3.87. The zero-order valence-electron chi connectivity index (χ0n) is 11.6. The van der Waals surface area contributed by atoms with Crippen LogP contribution in [-0.2, 0) is 0 Å². The predicted octanol–water partition coefficient (Wildman–Crippen LogP) is 2.32. The van der Waals surface area contributed by atoms with Gasteiger partial charge in [0.1, 0.15) is 0 Å². The molecular weight excluding hydrogens is 222 g/mol. The fourth-order valence-corrected chi connectivity index (χ4v) is 2.94. The summed E-state index contributed by atoms with van der Waals surface area (Å²) in [6.07, 6.45) is 1.20. The number of guanidine groups is 1. The lowest BCUT2D eigenvalue weighted by molar-refractivity contribution is 0.235. The summed E-state index contributed by atoms with van der Waals surface area (Å²) in [6, 6.07) is 10.9. The zero-order chi connectivity index (χ0) is 13.0. The normalized spacial score (nSPS) is 25.1. The summed E-state index contributed by atoms with van der Waals surface area (Å²) >= 11 is 0. The molecule has 1 fully saturated rings. The van der Waals surface area contributed by atoms with Gasteiger partial charge in [0, 0.05) is 27.2 Å². The van der Waals surface area contributed by atoms with Crippen molar-refractivity contribution in [2.75, 3.05) is 27.2 Å². The average molecular weight is 245 g/mol. The fourth-order valence-electron chi connectivity index (χ4n) is 2.94. The molecule has 1 aliphatic heterocycles. The summed E-state index contributed by atoms with van der Waals surface area (Å²) in [5.41, 5.74) is 1.48. The highest BCUT2D eigenvalue weighted by Gasteiger charge is 2.28. The molecule has 0 spiro atoms. The first kappa shape index (κ1) is 12.9. The van der Waals surface area contributed by atoms with Gasteiger partial charge in [0.2, 0.25) is 0 Å². The van der Waals surface area contributed by atoms with Crippen LogP contribution in [0.3, 0.4) is 0 Å². The van der Waals surface area contributed by atoms with E-state index in [4.69, 9.17) is 0 Å². The Kier molecular flexibility index (Phi) is 4.24. The van der Waals surface area contributed by atoms with Crippen molar-refractivity contribution in [2.45, 2.75) is 19.3 Å². The molecule has 0 radical (unpaired) electrons. The number of hydrogen-bond donors (Lipinski definition) is 1. The zero-order valence-corrected chi connectivity index (χ0v) is 11.6. The van der Waals surface area contributed by atoms with Crippen molar-refractivity contribution in [1.82, 2.24) is 10.2 Å². The number of piperidine rings is 1. The predicted molar refractivity (Wildman–Crippen MR) is 77.0 cm³/mol. The Bertz CT molecular complexity index is 399. The van der Waals surface area contributed by atoms with Gasteiger partial charge in [-0.1, -0.05) is 37.3 Å². The molecule has 1 aliphatic rings. The molecule has 1 N–H and O–H groups in total. The Hall–Kier alpha value is -1.51. The molecule has 2 atom stereocenters. The van der Waals surface area contributed by atoms with Gasteiger partial charge >= 0.3 is 0 Å². The molecular formula is C15H23N3. The fraction of sp³-hybridized carbons (Fsp3) is 0.533. The van der Waals surface area contributed by atoms with E-state index in [-0.39, 0.29) is 0 Å². The summed E-state index contributed by atoms with van der Waals surface area (Å²) in [5.74, 6) is 2.34. The number of hydrogen-bond acceptors (Lipinski definition) is 1. The third kappa shape index (κ3) is 2.66. The molecule has 18 heavy (non-hydrogen) atoms. The minimum absolute atomic E-state index is 0.659. The molecule has 2 rings (SSSR count). The molecule has 0 bridgehead atoms. The number of aliphatic imine (C=N–C) groups is 1. The first-order valence-electron chi connectivity index (χ1n) is 6.70. The van der Waals surface area contributed by atoms with E-state index < -0.39 is 0 Å². The maximum absolute atomic E-state index is 4.29. The van der Waals surface area contributed by atoms with Crippen LogP contribution in [0.2, 0.25) is 0 Å². The van der Waals surface area contributed by atoms with Crippen LogP contribution in [0.15, 0.2) is 35.3 Å². The van der Waals surface area contributed by atoms with E-state index in [0.29, 0.717) is 11.8 Å². The highest BCUT2D eigenvalue weighted by Crippen LogP contribution is 2.32. The summed E-state index contributed by atoms with van der Waals surface area (Å²) in [7, 11) is 3.79. The molecule has 3 nitrogen and oxygen atoms in total. The first-order chi connectivity index (χ1) is 8.76. The SMILES string of the molecule is CN=C(NC)N1CCC(c2ccccc2)C(C)C1. The van der Waals surface area contributed by atoms with E-state index in [0.717, 1.165) is 19.0 Å². The third-order valence-electron chi connectivity index (χ3n) is 3.87. The van der Waals surface area contributed by atoms with Crippen molar-refractivity contribution >= 4 is 5.96 Å². The molecule has 0 saturated carbocycles.